The zero-order valence-electron chi connectivity index (χ0n) is 10.8. The van der Waals surface area contributed by atoms with Crippen molar-refractivity contribution in [2.45, 2.75) is 4.21 Å². The first-order chi connectivity index (χ1) is 9.87. The van der Waals surface area contributed by atoms with Crippen LogP contribution in [0.25, 0.3) is 0 Å². The zero-order valence-corrected chi connectivity index (χ0v) is 12.5. The number of aromatic carboxylic acids is 1. The fourth-order valence-electron chi connectivity index (χ4n) is 1.67. The fraction of sp³-hybridized carbons (Fsp3) is 0.0769. The van der Waals surface area contributed by atoms with Crippen molar-refractivity contribution in [3.05, 3.63) is 46.8 Å². The van der Waals surface area contributed by atoms with Crippen LogP contribution >= 0.6 is 11.3 Å². The molecule has 21 heavy (non-hydrogen) atoms. The van der Waals surface area contributed by atoms with Gasteiger partial charge in [-0.25, -0.2) is 13.2 Å². The number of sulfonamides is 1. The Morgan fingerprint density at radius 1 is 1.38 bits per heavy atom. The highest BCUT2D eigenvalue weighted by Crippen LogP contribution is 2.28. The monoisotopic (exact) mass is 322 g/mol. The summed E-state index contributed by atoms with van der Waals surface area (Å²) >= 11 is 0.828. The number of hydrogen-bond acceptors (Lipinski definition) is 5. The van der Waals surface area contributed by atoms with Crippen LogP contribution in [0.1, 0.15) is 15.9 Å². The molecule has 0 saturated heterocycles. The summed E-state index contributed by atoms with van der Waals surface area (Å²) < 4.78 is 25.8. The molecule has 0 saturated carbocycles. The van der Waals surface area contributed by atoms with Gasteiger partial charge in [0, 0.05) is 12.4 Å². The standard InChI is InChI=1S/C13H10N2O4S2/c1-15(11-5-3-2-4-9(11)7-14)21(18,19)12-6-10(8-20-12)13(16)17/h2-6,8H,1H3,(H,16,17). The van der Waals surface area contributed by atoms with E-state index in [1.54, 1.807) is 12.1 Å². The van der Waals surface area contributed by atoms with E-state index in [1.807, 2.05) is 6.07 Å². The predicted molar refractivity (Wildman–Crippen MR) is 78.0 cm³/mol. The Morgan fingerprint density at radius 2 is 2.05 bits per heavy atom. The van der Waals surface area contributed by atoms with E-state index in [0.29, 0.717) is 0 Å². The van der Waals surface area contributed by atoms with E-state index in [-0.39, 0.29) is 21.0 Å². The van der Waals surface area contributed by atoms with Gasteiger partial charge in [-0.1, -0.05) is 12.1 Å². The van der Waals surface area contributed by atoms with Gasteiger partial charge in [0.05, 0.1) is 16.8 Å². The molecular formula is C13H10N2O4S2. The number of rotatable bonds is 4. The molecule has 0 aliphatic rings. The summed E-state index contributed by atoms with van der Waals surface area (Å²) in [5.74, 6) is -1.19. The molecule has 0 radical (unpaired) electrons. The average Bonchev–Trinajstić information content (AvgIpc) is 2.97. The molecule has 1 heterocycles. The number of benzene rings is 1. The summed E-state index contributed by atoms with van der Waals surface area (Å²) in [7, 11) is -2.57. The molecule has 1 aromatic carbocycles. The molecule has 2 rings (SSSR count). The van der Waals surface area contributed by atoms with Crippen LogP contribution in [0.3, 0.4) is 0 Å². The molecule has 8 heteroatoms. The Hall–Kier alpha value is -2.37. The summed E-state index contributed by atoms with van der Waals surface area (Å²) in [6.45, 7) is 0. The van der Waals surface area contributed by atoms with E-state index >= 15 is 0 Å². The number of carbonyl (C=O) groups is 1. The Kier molecular flexibility index (Phi) is 3.97. The molecule has 0 fully saturated rings. The minimum absolute atomic E-state index is 0.0828. The largest absolute Gasteiger partial charge is 0.478 e. The van der Waals surface area contributed by atoms with Gasteiger partial charge in [-0.15, -0.1) is 11.3 Å². The van der Waals surface area contributed by atoms with Crippen LogP contribution in [0.4, 0.5) is 5.69 Å². The van der Waals surface area contributed by atoms with E-state index in [4.69, 9.17) is 10.4 Å². The maximum atomic E-state index is 12.5. The van der Waals surface area contributed by atoms with E-state index in [2.05, 4.69) is 0 Å². The van der Waals surface area contributed by atoms with Crippen LogP contribution < -0.4 is 4.31 Å². The lowest BCUT2D eigenvalue weighted by Gasteiger charge is -2.19. The zero-order chi connectivity index (χ0) is 15.6. The molecule has 2 aromatic rings. The lowest BCUT2D eigenvalue weighted by Crippen LogP contribution is -2.26. The van der Waals surface area contributed by atoms with Crippen molar-refractivity contribution in [3.63, 3.8) is 0 Å². The molecule has 0 unspecified atom stereocenters. The maximum Gasteiger partial charge on any atom is 0.336 e. The van der Waals surface area contributed by atoms with Gasteiger partial charge in [0.25, 0.3) is 10.0 Å². The number of para-hydroxylation sites is 1. The Bertz CT molecular complexity index is 834. The van der Waals surface area contributed by atoms with Crippen LogP contribution in [0, 0.1) is 11.3 Å². The summed E-state index contributed by atoms with van der Waals surface area (Å²) in [4.78, 5) is 10.8. The first-order valence-electron chi connectivity index (χ1n) is 5.68. The van der Waals surface area contributed by atoms with Crippen molar-refractivity contribution in [1.29, 1.82) is 5.26 Å². The van der Waals surface area contributed by atoms with Gasteiger partial charge < -0.3 is 5.11 Å². The van der Waals surface area contributed by atoms with Crippen LogP contribution in [0.15, 0.2) is 39.9 Å². The van der Waals surface area contributed by atoms with Crippen molar-refractivity contribution in [2.24, 2.45) is 0 Å². The fourth-order valence-corrected chi connectivity index (χ4v) is 4.21. The number of carboxylic acid groups (broad SMARTS) is 1. The molecule has 1 aromatic heterocycles. The Morgan fingerprint density at radius 3 is 2.62 bits per heavy atom. The number of carboxylic acids is 1. The maximum absolute atomic E-state index is 12.5. The number of thiophene rings is 1. The van der Waals surface area contributed by atoms with Gasteiger partial charge in [0.2, 0.25) is 0 Å². The summed E-state index contributed by atoms with van der Waals surface area (Å²) in [6.07, 6.45) is 0. The third kappa shape index (κ3) is 2.74. The first-order valence-corrected chi connectivity index (χ1v) is 8.00. The SMILES string of the molecule is CN(c1ccccc1C#N)S(=O)(=O)c1cc(C(=O)O)cs1. The highest BCUT2D eigenvalue weighted by Gasteiger charge is 2.25. The van der Waals surface area contributed by atoms with Gasteiger partial charge >= 0.3 is 5.97 Å². The third-order valence-electron chi connectivity index (χ3n) is 2.80. The van der Waals surface area contributed by atoms with E-state index in [1.165, 1.54) is 24.6 Å². The second-order valence-corrected chi connectivity index (χ2v) is 7.17. The summed E-state index contributed by atoms with van der Waals surface area (Å²) in [5, 5.41) is 19.2. The van der Waals surface area contributed by atoms with E-state index in [9.17, 15) is 13.2 Å². The highest BCUT2D eigenvalue weighted by atomic mass is 32.2. The molecule has 0 aliphatic heterocycles. The molecular weight excluding hydrogens is 312 g/mol. The molecule has 108 valence electrons. The number of nitrogens with zero attached hydrogens (tertiary/aromatic N) is 2. The van der Waals surface area contributed by atoms with Crippen LogP contribution in [0.5, 0.6) is 0 Å². The smallest absolute Gasteiger partial charge is 0.336 e. The first kappa shape index (κ1) is 15.0. The second kappa shape index (κ2) is 5.55. The van der Waals surface area contributed by atoms with Crippen molar-refractivity contribution in [2.75, 3.05) is 11.4 Å². The topological polar surface area (TPSA) is 98.5 Å². The van der Waals surface area contributed by atoms with E-state index < -0.39 is 16.0 Å². The van der Waals surface area contributed by atoms with Gasteiger partial charge in [-0.05, 0) is 18.2 Å². The highest BCUT2D eigenvalue weighted by molar-refractivity contribution is 7.94. The Labute approximate surface area is 125 Å². The number of nitriles is 1. The summed E-state index contributed by atoms with van der Waals surface area (Å²) in [6, 6.07) is 9.32. The lowest BCUT2D eigenvalue weighted by atomic mass is 10.2. The van der Waals surface area contributed by atoms with Crippen LogP contribution in [-0.4, -0.2) is 26.5 Å². The molecule has 0 spiro atoms. The molecule has 0 atom stereocenters. The Balaban J connectivity index is 2.48. The van der Waals surface area contributed by atoms with Gasteiger partial charge in [-0.3, -0.25) is 4.31 Å². The van der Waals surface area contributed by atoms with Gasteiger partial charge in [0.1, 0.15) is 10.3 Å². The van der Waals surface area contributed by atoms with E-state index in [0.717, 1.165) is 21.7 Å². The number of anilines is 1. The quantitative estimate of drug-likeness (QED) is 0.930. The molecule has 1 N–H and O–H groups in total. The van der Waals surface area contributed by atoms with Gasteiger partial charge in [-0.2, -0.15) is 5.26 Å². The minimum Gasteiger partial charge on any atom is -0.478 e. The third-order valence-corrected chi connectivity index (χ3v) is 5.99. The van der Waals surface area contributed by atoms with Crippen LogP contribution in [-0.2, 0) is 10.0 Å². The predicted octanol–water partition coefficient (Wildman–Crippen LogP) is 2.14. The minimum atomic E-state index is -3.90. The number of hydrogen-bond donors (Lipinski definition) is 1. The average molecular weight is 322 g/mol. The second-order valence-electron chi connectivity index (χ2n) is 4.06. The normalized spacial score (nSPS) is 10.9. The van der Waals surface area contributed by atoms with Crippen molar-refractivity contribution in [1.82, 2.24) is 0 Å². The van der Waals surface area contributed by atoms with Crippen molar-refractivity contribution in [3.8, 4) is 6.07 Å². The van der Waals surface area contributed by atoms with Crippen molar-refractivity contribution < 1.29 is 18.3 Å². The van der Waals surface area contributed by atoms with Crippen LogP contribution in [0.2, 0.25) is 0 Å². The molecule has 0 bridgehead atoms. The molecule has 0 aliphatic carbocycles. The molecule has 0 amide bonds. The lowest BCUT2D eigenvalue weighted by molar-refractivity contribution is 0.0697. The van der Waals surface area contributed by atoms with Gasteiger partial charge in [0.15, 0.2) is 0 Å². The molecule has 6 nitrogen and oxygen atoms in total. The summed E-state index contributed by atoms with van der Waals surface area (Å²) in [5.41, 5.74) is 0.379. The van der Waals surface area contributed by atoms with Crippen molar-refractivity contribution >= 4 is 33.0 Å².